The molecular formula is C9H14BrNO4. The summed E-state index contributed by atoms with van der Waals surface area (Å²) in [5, 5.41) is 2.86. The Labute approximate surface area is 96.6 Å². The highest BCUT2D eigenvalue weighted by molar-refractivity contribution is 9.09. The molecule has 0 radical (unpaired) electrons. The molecule has 2 atom stereocenters. The summed E-state index contributed by atoms with van der Waals surface area (Å²) < 4.78 is 9.72. The van der Waals surface area contributed by atoms with Crippen LogP contribution in [0.15, 0.2) is 0 Å². The average molecular weight is 280 g/mol. The van der Waals surface area contributed by atoms with Crippen LogP contribution < -0.4 is 5.32 Å². The Morgan fingerprint density at radius 2 is 2.33 bits per heavy atom. The van der Waals surface area contributed by atoms with Crippen LogP contribution in [0.2, 0.25) is 0 Å². The molecule has 0 aromatic heterocycles. The lowest BCUT2D eigenvalue weighted by Gasteiger charge is -2.27. The smallest absolute Gasteiger partial charge is 0.407 e. The van der Waals surface area contributed by atoms with Gasteiger partial charge in [0.25, 0.3) is 0 Å². The van der Waals surface area contributed by atoms with Crippen molar-refractivity contribution in [2.75, 3.05) is 25.7 Å². The van der Waals surface area contributed by atoms with Gasteiger partial charge in [-0.3, -0.25) is 4.79 Å². The van der Waals surface area contributed by atoms with E-state index < -0.39 is 11.5 Å². The minimum absolute atomic E-state index is 0.0152. The minimum atomic E-state index is -0.669. The Morgan fingerprint density at radius 1 is 1.67 bits per heavy atom. The number of ketones is 1. The molecule has 1 aliphatic rings. The molecule has 5 nitrogen and oxygen atoms in total. The van der Waals surface area contributed by atoms with Crippen molar-refractivity contribution in [3.63, 3.8) is 0 Å². The molecule has 86 valence electrons. The van der Waals surface area contributed by atoms with E-state index in [9.17, 15) is 9.59 Å². The maximum absolute atomic E-state index is 11.7. The first-order chi connectivity index (χ1) is 7.04. The molecule has 0 saturated carbocycles. The quantitative estimate of drug-likeness (QED) is 0.773. The van der Waals surface area contributed by atoms with E-state index in [0.29, 0.717) is 13.2 Å². The van der Waals surface area contributed by atoms with Crippen LogP contribution in [-0.2, 0) is 14.3 Å². The fourth-order valence-electron chi connectivity index (χ4n) is 1.50. The minimum Gasteiger partial charge on any atom is -0.453 e. The highest BCUT2D eigenvalue weighted by Gasteiger charge is 2.46. The fraction of sp³-hybridized carbons (Fsp3) is 0.778. The van der Waals surface area contributed by atoms with E-state index in [0.717, 1.165) is 0 Å². The van der Waals surface area contributed by atoms with Gasteiger partial charge < -0.3 is 14.8 Å². The van der Waals surface area contributed by atoms with Crippen molar-refractivity contribution in [3.05, 3.63) is 0 Å². The van der Waals surface area contributed by atoms with Gasteiger partial charge in [0, 0.05) is 0 Å². The normalized spacial score (nSPS) is 29.9. The Bertz CT molecular complexity index is 271. The summed E-state index contributed by atoms with van der Waals surface area (Å²) in [4.78, 5) is 22.8. The molecule has 2 unspecified atom stereocenters. The van der Waals surface area contributed by atoms with E-state index in [1.165, 1.54) is 7.11 Å². The second-order valence-corrected chi connectivity index (χ2v) is 4.24. The van der Waals surface area contributed by atoms with Gasteiger partial charge in [-0.15, -0.1) is 0 Å². The number of carbonyl (C=O) groups excluding carboxylic acids is 2. The highest BCUT2D eigenvalue weighted by Crippen LogP contribution is 2.30. The molecule has 0 bridgehead atoms. The number of ether oxygens (including phenoxy) is 2. The molecular weight excluding hydrogens is 266 g/mol. The zero-order chi connectivity index (χ0) is 11.5. The van der Waals surface area contributed by atoms with Gasteiger partial charge >= 0.3 is 6.09 Å². The summed E-state index contributed by atoms with van der Waals surface area (Å²) in [5.41, 5.74) is -0.669. The van der Waals surface area contributed by atoms with Gasteiger partial charge in [-0.25, -0.2) is 4.79 Å². The lowest BCUT2D eigenvalue weighted by Crippen LogP contribution is -2.50. The number of hydrogen-bond acceptors (Lipinski definition) is 4. The van der Waals surface area contributed by atoms with Gasteiger partial charge in [0.05, 0.1) is 37.1 Å². The van der Waals surface area contributed by atoms with Crippen molar-refractivity contribution < 1.29 is 19.1 Å². The number of amides is 1. The van der Waals surface area contributed by atoms with Crippen molar-refractivity contribution in [1.29, 1.82) is 0 Å². The summed E-state index contributed by atoms with van der Waals surface area (Å²) in [6.07, 6.45) is -0.543. The Hall–Kier alpha value is -0.620. The van der Waals surface area contributed by atoms with Crippen molar-refractivity contribution in [2.24, 2.45) is 5.41 Å². The third-order valence-electron chi connectivity index (χ3n) is 2.69. The Kier molecular flexibility index (Phi) is 4.10. The molecule has 1 heterocycles. The average Bonchev–Trinajstić information content (AvgIpc) is 2.60. The molecule has 6 heteroatoms. The second-order valence-electron chi connectivity index (χ2n) is 3.68. The van der Waals surface area contributed by atoms with Crippen LogP contribution in [0, 0.1) is 5.41 Å². The largest absolute Gasteiger partial charge is 0.453 e. The van der Waals surface area contributed by atoms with Crippen LogP contribution in [0.1, 0.15) is 6.92 Å². The number of nitrogens with one attached hydrogen (secondary N) is 1. The number of methoxy groups -OCH3 is 1. The second kappa shape index (κ2) is 4.94. The molecule has 1 fully saturated rings. The van der Waals surface area contributed by atoms with Crippen LogP contribution in [0.25, 0.3) is 0 Å². The van der Waals surface area contributed by atoms with Crippen LogP contribution in [0.5, 0.6) is 0 Å². The number of rotatable bonds is 3. The number of alkyl halides is 1. The highest BCUT2D eigenvalue weighted by atomic mass is 79.9. The third-order valence-corrected chi connectivity index (χ3v) is 3.20. The predicted molar refractivity (Wildman–Crippen MR) is 57.1 cm³/mol. The van der Waals surface area contributed by atoms with E-state index in [4.69, 9.17) is 4.74 Å². The first kappa shape index (κ1) is 12.4. The van der Waals surface area contributed by atoms with Crippen molar-refractivity contribution in [2.45, 2.75) is 13.0 Å². The van der Waals surface area contributed by atoms with E-state index in [2.05, 4.69) is 26.0 Å². The van der Waals surface area contributed by atoms with Gasteiger partial charge in [0.1, 0.15) is 0 Å². The van der Waals surface area contributed by atoms with E-state index in [-0.39, 0.29) is 17.2 Å². The summed E-state index contributed by atoms with van der Waals surface area (Å²) in [7, 11) is 1.29. The maximum Gasteiger partial charge on any atom is 0.407 e. The molecule has 0 spiro atoms. The summed E-state index contributed by atoms with van der Waals surface area (Å²) in [5.74, 6) is 0.0152. The zero-order valence-electron chi connectivity index (χ0n) is 8.71. The van der Waals surface area contributed by atoms with Crippen LogP contribution in [-0.4, -0.2) is 43.6 Å². The Morgan fingerprint density at radius 3 is 2.87 bits per heavy atom. The molecule has 1 N–H and O–H groups in total. The molecule has 0 aromatic carbocycles. The zero-order valence-corrected chi connectivity index (χ0v) is 10.3. The number of hydrogen-bond donors (Lipinski definition) is 1. The summed E-state index contributed by atoms with van der Waals surface area (Å²) >= 11 is 3.12. The van der Waals surface area contributed by atoms with Gasteiger partial charge in [0.2, 0.25) is 0 Å². The van der Waals surface area contributed by atoms with E-state index >= 15 is 0 Å². The first-order valence-corrected chi connectivity index (χ1v) is 5.68. The molecule has 15 heavy (non-hydrogen) atoms. The van der Waals surface area contributed by atoms with Crippen LogP contribution in [0.3, 0.4) is 0 Å². The van der Waals surface area contributed by atoms with Crippen LogP contribution in [0.4, 0.5) is 4.79 Å². The van der Waals surface area contributed by atoms with E-state index in [1.54, 1.807) is 6.92 Å². The predicted octanol–water partition coefficient (Wildman–Crippen LogP) is 0.711. The molecule has 1 rings (SSSR count). The van der Waals surface area contributed by atoms with Crippen molar-refractivity contribution in [3.8, 4) is 0 Å². The topological polar surface area (TPSA) is 64.6 Å². The lowest BCUT2D eigenvalue weighted by molar-refractivity contribution is -0.125. The Balaban J connectivity index is 2.71. The number of halogens is 1. The SMILES string of the molecule is COC(=O)NC1COCC1(C)C(=O)CBr. The van der Waals surface area contributed by atoms with Gasteiger partial charge in [-0.2, -0.15) is 0 Å². The van der Waals surface area contributed by atoms with Crippen molar-refractivity contribution in [1.82, 2.24) is 5.32 Å². The molecule has 1 aliphatic heterocycles. The number of Topliss-reactive ketones (excluding diaryl/α,β-unsaturated/α-hetero) is 1. The van der Waals surface area contributed by atoms with Crippen LogP contribution >= 0.6 is 15.9 Å². The van der Waals surface area contributed by atoms with Crippen molar-refractivity contribution >= 4 is 27.8 Å². The van der Waals surface area contributed by atoms with Gasteiger partial charge in [-0.1, -0.05) is 15.9 Å². The van der Waals surface area contributed by atoms with Gasteiger partial charge in [-0.05, 0) is 6.92 Å². The lowest BCUT2D eigenvalue weighted by atomic mass is 9.81. The fourth-order valence-corrected chi connectivity index (χ4v) is 2.14. The standard InChI is InChI=1S/C9H14BrNO4/c1-9(7(12)3-10)5-15-4-6(9)11-8(13)14-2/h6H,3-5H2,1-2H3,(H,11,13). The summed E-state index contributed by atoms with van der Waals surface area (Å²) in [6.45, 7) is 2.45. The maximum atomic E-state index is 11.7. The molecule has 1 saturated heterocycles. The molecule has 0 aliphatic carbocycles. The summed E-state index contributed by atoms with van der Waals surface area (Å²) in [6, 6.07) is -0.324. The monoisotopic (exact) mass is 279 g/mol. The van der Waals surface area contributed by atoms with Gasteiger partial charge in [0.15, 0.2) is 5.78 Å². The first-order valence-electron chi connectivity index (χ1n) is 4.56. The third kappa shape index (κ3) is 2.49. The number of alkyl carbamates (subject to hydrolysis) is 1. The van der Waals surface area contributed by atoms with E-state index in [1.807, 2.05) is 0 Å². The molecule has 0 aromatic rings. The molecule has 1 amide bonds. The number of carbonyl (C=O) groups is 2.